The molecule has 0 fully saturated rings. The van der Waals surface area contributed by atoms with Crippen LogP contribution >= 0.6 is 0 Å². The molecule has 1 atom stereocenters. The first-order chi connectivity index (χ1) is 8.95. The molecule has 1 unspecified atom stereocenters. The van der Waals surface area contributed by atoms with E-state index in [1.165, 1.54) is 4.90 Å². The van der Waals surface area contributed by atoms with Crippen LogP contribution in [-0.2, 0) is 10.4 Å². The van der Waals surface area contributed by atoms with Crippen LogP contribution in [0.4, 0.5) is 5.69 Å². The highest BCUT2D eigenvalue weighted by molar-refractivity contribution is 5.97. The van der Waals surface area contributed by atoms with E-state index in [0.29, 0.717) is 29.8 Å². The van der Waals surface area contributed by atoms with E-state index in [0.717, 1.165) is 0 Å². The quantitative estimate of drug-likeness (QED) is 0.853. The summed E-state index contributed by atoms with van der Waals surface area (Å²) < 4.78 is 5.34. The average molecular weight is 265 g/mol. The van der Waals surface area contributed by atoms with Gasteiger partial charge < -0.3 is 19.8 Å². The van der Waals surface area contributed by atoms with Gasteiger partial charge in [0.05, 0.1) is 11.3 Å². The van der Waals surface area contributed by atoms with Gasteiger partial charge in [0, 0.05) is 13.7 Å². The lowest BCUT2D eigenvalue weighted by atomic mass is 9.90. The van der Waals surface area contributed by atoms with Gasteiger partial charge in [0.2, 0.25) is 0 Å². The van der Waals surface area contributed by atoms with Gasteiger partial charge in [0.15, 0.2) is 6.61 Å². The largest absolute Gasteiger partial charge is 0.482 e. The zero-order chi connectivity index (χ0) is 14.0. The first-order valence-electron chi connectivity index (χ1n) is 6.33. The van der Waals surface area contributed by atoms with Crippen molar-refractivity contribution in [3.05, 3.63) is 23.8 Å². The van der Waals surface area contributed by atoms with Crippen molar-refractivity contribution in [3.8, 4) is 5.75 Å². The zero-order valence-electron chi connectivity index (χ0n) is 11.2. The first-order valence-corrected chi connectivity index (χ1v) is 6.33. The summed E-state index contributed by atoms with van der Waals surface area (Å²) in [5.74, 6) is 0.531. The molecule has 2 N–H and O–H groups in total. The third-order valence-corrected chi connectivity index (χ3v) is 3.49. The third-order valence-electron chi connectivity index (χ3n) is 3.49. The number of anilines is 1. The Kier molecular flexibility index (Phi) is 3.78. The van der Waals surface area contributed by atoms with Gasteiger partial charge in [-0.3, -0.25) is 4.79 Å². The number of hydrogen-bond donors (Lipinski definition) is 2. The lowest BCUT2D eigenvalue weighted by molar-refractivity contribution is -0.121. The molecule has 1 aliphatic rings. The van der Waals surface area contributed by atoms with E-state index in [-0.39, 0.29) is 19.1 Å². The molecule has 0 aliphatic carbocycles. The van der Waals surface area contributed by atoms with E-state index in [2.05, 4.69) is 0 Å². The number of carbonyl (C=O) groups excluding carboxylic acids is 1. The van der Waals surface area contributed by atoms with Crippen LogP contribution in [0, 0.1) is 0 Å². The van der Waals surface area contributed by atoms with Gasteiger partial charge in [-0.2, -0.15) is 0 Å². The zero-order valence-corrected chi connectivity index (χ0v) is 11.2. The van der Waals surface area contributed by atoms with Crippen LogP contribution in [0.25, 0.3) is 0 Å². The molecule has 0 spiro atoms. The average Bonchev–Trinajstić information content (AvgIpc) is 2.40. The lowest BCUT2D eigenvalue weighted by Crippen LogP contribution is -2.35. The summed E-state index contributed by atoms with van der Waals surface area (Å²) in [5.41, 5.74) is 0.349. The molecule has 1 amide bonds. The van der Waals surface area contributed by atoms with Crippen LogP contribution in [0.2, 0.25) is 0 Å². The lowest BCUT2D eigenvalue weighted by Gasteiger charge is -2.29. The molecule has 0 bridgehead atoms. The van der Waals surface area contributed by atoms with Crippen molar-refractivity contribution in [3.63, 3.8) is 0 Å². The minimum atomic E-state index is -1.03. The summed E-state index contributed by atoms with van der Waals surface area (Å²) in [7, 11) is 1.69. The Hall–Kier alpha value is -1.59. The number of hydrogen-bond acceptors (Lipinski definition) is 4. The van der Waals surface area contributed by atoms with Gasteiger partial charge in [-0.05, 0) is 37.5 Å². The number of benzene rings is 1. The maximum Gasteiger partial charge on any atom is 0.264 e. The molecule has 2 rings (SSSR count). The number of carbonyl (C=O) groups is 1. The molecule has 1 aromatic rings. The van der Waals surface area contributed by atoms with E-state index in [4.69, 9.17) is 9.84 Å². The Morgan fingerprint density at radius 3 is 2.89 bits per heavy atom. The maximum atomic E-state index is 11.6. The number of rotatable bonds is 4. The monoisotopic (exact) mass is 265 g/mol. The number of likely N-dealkylation sites (N-methyl/N-ethyl adjacent to an activating group) is 1. The van der Waals surface area contributed by atoms with Crippen molar-refractivity contribution in [2.75, 3.05) is 25.2 Å². The van der Waals surface area contributed by atoms with Crippen LogP contribution in [0.15, 0.2) is 18.2 Å². The molecule has 5 heteroatoms. The van der Waals surface area contributed by atoms with Crippen molar-refractivity contribution in [1.29, 1.82) is 0 Å². The van der Waals surface area contributed by atoms with Gasteiger partial charge in [-0.15, -0.1) is 0 Å². The number of nitrogens with zero attached hydrogens (tertiary/aromatic N) is 1. The van der Waals surface area contributed by atoms with Crippen molar-refractivity contribution < 1.29 is 19.7 Å². The first kappa shape index (κ1) is 13.8. The molecule has 5 nitrogen and oxygen atoms in total. The summed E-state index contributed by atoms with van der Waals surface area (Å²) in [4.78, 5) is 13.1. The number of aliphatic hydroxyl groups is 2. The van der Waals surface area contributed by atoms with E-state index in [1.54, 1.807) is 32.2 Å². The Morgan fingerprint density at radius 1 is 1.47 bits per heavy atom. The van der Waals surface area contributed by atoms with Crippen molar-refractivity contribution in [2.24, 2.45) is 0 Å². The molecular formula is C14H19NO4. The highest BCUT2D eigenvalue weighted by Crippen LogP contribution is 2.36. The van der Waals surface area contributed by atoms with Crippen LogP contribution in [-0.4, -0.2) is 36.4 Å². The molecule has 1 aromatic carbocycles. The van der Waals surface area contributed by atoms with Crippen molar-refractivity contribution in [1.82, 2.24) is 0 Å². The fraction of sp³-hybridized carbons (Fsp3) is 0.500. The second kappa shape index (κ2) is 5.19. The smallest absolute Gasteiger partial charge is 0.264 e. The summed E-state index contributed by atoms with van der Waals surface area (Å²) in [6.45, 7) is 1.79. The molecule has 104 valence electrons. The number of amides is 1. The number of fused-ring (bicyclic) bond motifs is 1. The fourth-order valence-electron chi connectivity index (χ4n) is 2.17. The predicted molar refractivity (Wildman–Crippen MR) is 71.2 cm³/mol. The van der Waals surface area contributed by atoms with E-state index < -0.39 is 5.60 Å². The summed E-state index contributed by atoms with van der Waals surface area (Å²) in [6, 6.07) is 5.32. The maximum absolute atomic E-state index is 11.6. The Morgan fingerprint density at radius 2 is 2.21 bits per heavy atom. The highest BCUT2D eigenvalue weighted by atomic mass is 16.5. The standard InChI is InChI=1S/C14H19NO4/c1-14(18,6-3-7-16)10-4-5-12-11(8-10)15(2)13(17)9-19-12/h4-5,8,16,18H,3,6-7,9H2,1-2H3. The molecule has 1 aliphatic heterocycles. The van der Waals surface area contributed by atoms with E-state index in [1.807, 2.05) is 0 Å². The molecule has 19 heavy (non-hydrogen) atoms. The SMILES string of the molecule is CN1C(=O)COc2ccc(C(C)(O)CCCO)cc21. The Labute approximate surface area is 112 Å². The van der Waals surface area contributed by atoms with Crippen molar-refractivity contribution >= 4 is 11.6 Å². The van der Waals surface area contributed by atoms with Crippen LogP contribution in [0.1, 0.15) is 25.3 Å². The number of ether oxygens (including phenoxy) is 1. The van der Waals surface area contributed by atoms with Crippen molar-refractivity contribution in [2.45, 2.75) is 25.4 Å². The van der Waals surface area contributed by atoms with Crippen LogP contribution in [0.5, 0.6) is 5.75 Å². The van der Waals surface area contributed by atoms with Gasteiger partial charge in [0.25, 0.3) is 5.91 Å². The van der Waals surface area contributed by atoms with Gasteiger partial charge in [-0.1, -0.05) is 6.07 Å². The molecule has 0 aromatic heterocycles. The predicted octanol–water partition coefficient (Wildman–Crippen LogP) is 1.02. The molecule has 0 saturated carbocycles. The molecular weight excluding hydrogens is 246 g/mol. The second-order valence-corrected chi connectivity index (χ2v) is 5.02. The van der Waals surface area contributed by atoms with Gasteiger partial charge in [0.1, 0.15) is 5.75 Å². The minimum absolute atomic E-state index is 0.0442. The Bertz CT molecular complexity index is 484. The van der Waals surface area contributed by atoms with Gasteiger partial charge in [-0.25, -0.2) is 0 Å². The number of aliphatic hydroxyl groups excluding tert-OH is 1. The molecule has 0 radical (unpaired) electrons. The van der Waals surface area contributed by atoms with E-state index >= 15 is 0 Å². The normalized spacial score (nSPS) is 17.7. The van der Waals surface area contributed by atoms with Crippen LogP contribution in [0.3, 0.4) is 0 Å². The highest BCUT2D eigenvalue weighted by Gasteiger charge is 2.27. The minimum Gasteiger partial charge on any atom is -0.482 e. The second-order valence-electron chi connectivity index (χ2n) is 5.02. The summed E-state index contributed by atoms with van der Waals surface area (Å²) in [6.07, 6.45) is 0.982. The van der Waals surface area contributed by atoms with Crippen LogP contribution < -0.4 is 9.64 Å². The Balaban J connectivity index is 2.32. The summed E-state index contributed by atoms with van der Waals surface area (Å²) >= 11 is 0. The fourth-order valence-corrected chi connectivity index (χ4v) is 2.17. The van der Waals surface area contributed by atoms with Gasteiger partial charge >= 0.3 is 0 Å². The molecule has 0 saturated heterocycles. The summed E-state index contributed by atoms with van der Waals surface area (Å²) in [5, 5.41) is 19.3. The topological polar surface area (TPSA) is 70.0 Å². The molecule has 1 heterocycles. The van der Waals surface area contributed by atoms with E-state index in [9.17, 15) is 9.90 Å². The third kappa shape index (κ3) is 2.72.